The van der Waals surface area contributed by atoms with Crippen LogP contribution >= 0.6 is 11.3 Å². The second kappa shape index (κ2) is 5.66. The molecule has 1 aliphatic heterocycles. The molecule has 1 saturated heterocycles. The fourth-order valence-corrected chi connectivity index (χ4v) is 4.69. The monoisotopic (exact) mass is 290 g/mol. The number of rotatable bonds is 4. The molecule has 0 spiro atoms. The number of hydrogen-bond donors (Lipinski definition) is 1. The van der Waals surface area contributed by atoms with Gasteiger partial charge in [-0.1, -0.05) is 6.07 Å². The number of thiophene rings is 1. The number of methoxy groups -OCH3 is 1. The Bertz CT molecular complexity index is 472. The van der Waals surface area contributed by atoms with Gasteiger partial charge in [0.05, 0.1) is 12.6 Å². The summed E-state index contributed by atoms with van der Waals surface area (Å²) in [5.74, 6) is 0. The van der Waals surface area contributed by atoms with E-state index < -0.39 is 10.2 Å². The highest BCUT2D eigenvalue weighted by Gasteiger charge is 2.38. The molecule has 0 aromatic carbocycles. The smallest absolute Gasteiger partial charge is 0.280 e. The second-order valence-corrected chi connectivity index (χ2v) is 7.03. The number of ether oxygens (including phenoxy) is 1. The maximum Gasteiger partial charge on any atom is 0.280 e. The lowest BCUT2D eigenvalue weighted by atomic mass is 10.1. The number of nitrogens with one attached hydrogen (secondary N) is 1. The number of nitrogens with zero attached hydrogens (tertiary/aromatic N) is 1. The van der Waals surface area contributed by atoms with Gasteiger partial charge in [-0.15, -0.1) is 11.3 Å². The van der Waals surface area contributed by atoms with Gasteiger partial charge in [0.25, 0.3) is 10.2 Å². The molecular weight excluding hydrogens is 272 g/mol. The van der Waals surface area contributed by atoms with Crippen LogP contribution in [0.1, 0.15) is 24.3 Å². The van der Waals surface area contributed by atoms with Crippen LogP contribution < -0.4 is 4.72 Å². The van der Waals surface area contributed by atoms with Gasteiger partial charge in [0, 0.05) is 24.6 Å². The molecule has 0 bridgehead atoms. The van der Waals surface area contributed by atoms with Gasteiger partial charge in [0.15, 0.2) is 0 Å². The zero-order chi connectivity index (χ0) is 13.2. The molecule has 1 aliphatic rings. The highest BCUT2D eigenvalue weighted by molar-refractivity contribution is 7.87. The van der Waals surface area contributed by atoms with E-state index in [2.05, 4.69) is 4.72 Å². The van der Waals surface area contributed by atoms with Crippen LogP contribution in [-0.4, -0.2) is 39.0 Å². The summed E-state index contributed by atoms with van der Waals surface area (Å²) in [6, 6.07) is 3.82. The summed E-state index contributed by atoms with van der Waals surface area (Å²) in [5.41, 5.74) is 0. The van der Waals surface area contributed by atoms with Crippen LogP contribution in [-0.2, 0) is 14.9 Å². The Labute approximate surface area is 112 Å². The summed E-state index contributed by atoms with van der Waals surface area (Å²) < 4.78 is 33.5. The predicted octanol–water partition coefficient (Wildman–Crippen LogP) is 1.36. The van der Waals surface area contributed by atoms with E-state index in [1.807, 2.05) is 24.4 Å². The molecule has 0 amide bonds. The van der Waals surface area contributed by atoms with Crippen molar-refractivity contribution in [2.75, 3.05) is 20.3 Å². The molecule has 1 aromatic rings. The molecule has 18 heavy (non-hydrogen) atoms. The fourth-order valence-electron chi connectivity index (χ4n) is 2.19. The van der Waals surface area contributed by atoms with Crippen molar-refractivity contribution < 1.29 is 13.2 Å². The molecule has 0 unspecified atom stereocenters. The molecule has 0 saturated carbocycles. The van der Waals surface area contributed by atoms with E-state index in [-0.39, 0.29) is 12.1 Å². The topological polar surface area (TPSA) is 58.6 Å². The third kappa shape index (κ3) is 2.92. The zero-order valence-electron chi connectivity index (χ0n) is 10.5. The Morgan fingerprint density at radius 3 is 3.00 bits per heavy atom. The van der Waals surface area contributed by atoms with Crippen molar-refractivity contribution in [1.82, 2.24) is 9.03 Å². The second-order valence-electron chi connectivity index (χ2n) is 4.39. The Morgan fingerprint density at radius 1 is 1.61 bits per heavy atom. The Hall–Kier alpha value is -0.470. The minimum absolute atomic E-state index is 0.0408. The van der Waals surface area contributed by atoms with Gasteiger partial charge in [-0.3, -0.25) is 0 Å². The van der Waals surface area contributed by atoms with E-state index in [1.54, 1.807) is 18.4 Å². The molecule has 2 heterocycles. The third-order valence-electron chi connectivity index (χ3n) is 2.97. The summed E-state index contributed by atoms with van der Waals surface area (Å²) in [4.78, 5) is 1.09. The van der Waals surface area contributed by atoms with Crippen molar-refractivity contribution in [3.63, 3.8) is 0 Å². The fraction of sp³-hybridized carbons (Fsp3) is 0.636. The molecule has 2 atom stereocenters. The minimum atomic E-state index is -3.41. The lowest BCUT2D eigenvalue weighted by Gasteiger charge is -2.37. The van der Waals surface area contributed by atoms with Crippen molar-refractivity contribution >= 4 is 21.5 Å². The van der Waals surface area contributed by atoms with E-state index >= 15 is 0 Å². The molecule has 1 fully saturated rings. The first-order chi connectivity index (χ1) is 8.54. The van der Waals surface area contributed by atoms with Crippen LogP contribution in [0.5, 0.6) is 0 Å². The SMILES string of the molecule is COCCN1[C@H](c2cccs2)C[C@H](C)NS1(=O)=O. The molecule has 1 aromatic heterocycles. The van der Waals surface area contributed by atoms with Gasteiger partial charge < -0.3 is 4.74 Å². The Morgan fingerprint density at radius 2 is 2.39 bits per heavy atom. The van der Waals surface area contributed by atoms with Gasteiger partial charge in [0.1, 0.15) is 0 Å². The normalized spacial score (nSPS) is 28.3. The molecule has 5 nitrogen and oxygen atoms in total. The van der Waals surface area contributed by atoms with E-state index in [0.717, 1.165) is 11.3 Å². The van der Waals surface area contributed by atoms with Gasteiger partial charge in [-0.05, 0) is 24.8 Å². The summed E-state index contributed by atoms with van der Waals surface area (Å²) >= 11 is 1.59. The van der Waals surface area contributed by atoms with Crippen LogP contribution in [0.3, 0.4) is 0 Å². The number of hydrogen-bond acceptors (Lipinski definition) is 4. The zero-order valence-corrected chi connectivity index (χ0v) is 12.1. The van der Waals surface area contributed by atoms with E-state index in [0.29, 0.717) is 13.2 Å². The van der Waals surface area contributed by atoms with Gasteiger partial charge in [-0.2, -0.15) is 17.4 Å². The van der Waals surface area contributed by atoms with Crippen LogP contribution in [0.2, 0.25) is 0 Å². The van der Waals surface area contributed by atoms with E-state index in [9.17, 15) is 8.42 Å². The maximum atomic E-state index is 12.2. The Kier molecular flexibility index (Phi) is 4.39. The molecule has 0 radical (unpaired) electrons. The van der Waals surface area contributed by atoms with Crippen LogP contribution in [0, 0.1) is 0 Å². The highest BCUT2D eigenvalue weighted by Crippen LogP contribution is 2.33. The third-order valence-corrected chi connectivity index (χ3v) is 5.70. The van der Waals surface area contributed by atoms with Crippen molar-refractivity contribution in [2.45, 2.75) is 25.4 Å². The summed E-state index contributed by atoms with van der Waals surface area (Å²) in [7, 11) is -1.83. The molecule has 102 valence electrons. The van der Waals surface area contributed by atoms with Crippen molar-refractivity contribution in [1.29, 1.82) is 0 Å². The first kappa shape index (κ1) is 14.0. The largest absolute Gasteiger partial charge is 0.383 e. The molecule has 0 aliphatic carbocycles. The standard InChI is InChI=1S/C11H18N2O3S2/c1-9-8-10(11-4-3-7-17-11)13(5-6-16-2)18(14,15)12-9/h3-4,7,9-10,12H,5-6,8H2,1-2H3/t9-,10-/m0/s1. The van der Waals surface area contributed by atoms with Crippen molar-refractivity contribution in [3.8, 4) is 0 Å². The van der Waals surface area contributed by atoms with Crippen molar-refractivity contribution in [3.05, 3.63) is 22.4 Å². The van der Waals surface area contributed by atoms with Crippen molar-refractivity contribution in [2.24, 2.45) is 0 Å². The summed E-state index contributed by atoms with van der Waals surface area (Å²) in [6.45, 7) is 2.67. The van der Waals surface area contributed by atoms with Crippen LogP contribution in [0.15, 0.2) is 17.5 Å². The minimum Gasteiger partial charge on any atom is -0.383 e. The highest BCUT2D eigenvalue weighted by atomic mass is 32.2. The predicted molar refractivity (Wildman–Crippen MR) is 71.8 cm³/mol. The van der Waals surface area contributed by atoms with E-state index in [4.69, 9.17) is 4.74 Å². The average Bonchev–Trinajstić information content (AvgIpc) is 2.79. The maximum absolute atomic E-state index is 12.2. The van der Waals surface area contributed by atoms with Crippen LogP contribution in [0.25, 0.3) is 0 Å². The van der Waals surface area contributed by atoms with Crippen LogP contribution in [0.4, 0.5) is 0 Å². The molecule has 1 N–H and O–H groups in total. The van der Waals surface area contributed by atoms with Gasteiger partial charge in [0.2, 0.25) is 0 Å². The summed E-state index contributed by atoms with van der Waals surface area (Å²) in [6.07, 6.45) is 0.781. The lowest BCUT2D eigenvalue weighted by molar-refractivity contribution is 0.155. The molecule has 7 heteroatoms. The average molecular weight is 290 g/mol. The Balaban J connectivity index is 2.27. The van der Waals surface area contributed by atoms with E-state index in [1.165, 1.54) is 4.31 Å². The van der Waals surface area contributed by atoms with Gasteiger partial charge >= 0.3 is 0 Å². The molecule has 2 rings (SSSR count). The lowest BCUT2D eigenvalue weighted by Crippen LogP contribution is -2.53. The first-order valence-corrected chi connectivity index (χ1v) is 8.18. The van der Waals surface area contributed by atoms with Gasteiger partial charge in [-0.25, -0.2) is 0 Å². The summed E-state index contributed by atoms with van der Waals surface area (Å²) in [5, 5.41) is 1.98. The quantitative estimate of drug-likeness (QED) is 0.911. The molecular formula is C11H18N2O3S2. The first-order valence-electron chi connectivity index (χ1n) is 5.86.